The average Bonchev–Trinajstić information content (AvgIpc) is 2.72. The third kappa shape index (κ3) is 3.37. The Bertz CT molecular complexity index is 317. The van der Waals surface area contributed by atoms with Crippen LogP contribution in [0.2, 0.25) is 0 Å². The topological polar surface area (TPSA) is 69.6 Å². The predicted octanol–water partition coefficient (Wildman–Crippen LogP) is 1.93. The predicted molar refractivity (Wildman–Crippen MR) is 69.4 cm³/mol. The summed E-state index contributed by atoms with van der Waals surface area (Å²) in [6.07, 6.45) is 2.02. The van der Waals surface area contributed by atoms with Gasteiger partial charge in [-0.25, -0.2) is 4.79 Å². The third-order valence-electron chi connectivity index (χ3n) is 3.48. The molecule has 2 amide bonds. The van der Waals surface area contributed by atoms with Crippen molar-refractivity contribution in [2.24, 2.45) is 11.3 Å². The molecule has 0 aromatic carbocycles. The lowest BCUT2D eigenvalue weighted by atomic mass is 9.83. The number of carbonyl (C=O) groups is 2. The highest BCUT2D eigenvalue weighted by Gasteiger charge is 2.45. The fourth-order valence-electron chi connectivity index (χ4n) is 2.41. The van der Waals surface area contributed by atoms with Crippen molar-refractivity contribution in [2.45, 2.75) is 40.0 Å². The minimum atomic E-state index is -0.775. The molecule has 0 radical (unpaired) electrons. The number of hydrogen-bond acceptors (Lipinski definition) is 2. The lowest BCUT2D eigenvalue weighted by molar-refractivity contribution is -0.148. The van der Waals surface area contributed by atoms with Crippen LogP contribution in [0.4, 0.5) is 4.79 Å². The summed E-state index contributed by atoms with van der Waals surface area (Å²) in [5.41, 5.74) is -0.732. The minimum absolute atomic E-state index is 0.136. The number of urea groups is 1. The van der Waals surface area contributed by atoms with Gasteiger partial charge in [-0.3, -0.25) is 4.79 Å². The normalized spacial score (nSPS) is 23.4. The van der Waals surface area contributed by atoms with E-state index >= 15 is 0 Å². The van der Waals surface area contributed by atoms with Gasteiger partial charge in [0.2, 0.25) is 0 Å². The maximum absolute atomic E-state index is 11.9. The number of hydrogen-bond donors (Lipinski definition) is 2. The highest BCUT2D eigenvalue weighted by molar-refractivity contribution is 5.79. The van der Waals surface area contributed by atoms with Crippen LogP contribution in [0.3, 0.4) is 0 Å². The van der Waals surface area contributed by atoms with Gasteiger partial charge < -0.3 is 15.3 Å². The zero-order valence-electron chi connectivity index (χ0n) is 11.5. The Balaban J connectivity index is 2.58. The molecule has 1 saturated heterocycles. The molecule has 0 aromatic heterocycles. The summed E-state index contributed by atoms with van der Waals surface area (Å²) in [4.78, 5) is 24.9. The van der Waals surface area contributed by atoms with E-state index in [1.54, 1.807) is 4.90 Å². The van der Waals surface area contributed by atoms with E-state index in [2.05, 4.69) is 5.32 Å². The zero-order chi connectivity index (χ0) is 13.8. The molecule has 5 nitrogen and oxygen atoms in total. The van der Waals surface area contributed by atoms with Gasteiger partial charge in [-0.2, -0.15) is 0 Å². The fourth-order valence-corrected chi connectivity index (χ4v) is 2.41. The van der Waals surface area contributed by atoms with Crippen LogP contribution in [0.25, 0.3) is 0 Å². The minimum Gasteiger partial charge on any atom is -0.481 e. The SMILES string of the molecule is CCCC1(C(=O)O)CCN(C(=O)NCC(C)C)C1. The van der Waals surface area contributed by atoms with Crippen LogP contribution in [0.5, 0.6) is 0 Å². The molecular formula is C13H24N2O3. The number of likely N-dealkylation sites (tertiary alicyclic amines) is 1. The maximum Gasteiger partial charge on any atom is 0.317 e. The first-order valence-corrected chi connectivity index (χ1v) is 6.67. The van der Waals surface area contributed by atoms with E-state index in [-0.39, 0.29) is 6.03 Å². The summed E-state index contributed by atoms with van der Waals surface area (Å²) >= 11 is 0. The molecule has 1 heterocycles. The third-order valence-corrected chi connectivity index (χ3v) is 3.48. The summed E-state index contributed by atoms with van der Waals surface area (Å²) in [6.45, 7) is 7.54. The Morgan fingerprint density at radius 3 is 2.61 bits per heavy atom. The Morgan fingerprint density at radius 1 is 1.44 bits per heavy atom. The van der Waals surface area contributed by atoms with E-state index in [0.717, 1.165) is 6.42 Å². The summed E-state index contributed by atoms with van der Waals surface area (Å²) in [6, 6.07) is -0.136. The first-order valence-electron chi connectivity index (χ1n) is 6.67. The van der Waals surface area contributed by atoms with Crippen molar-refractivity contribution in [1.82, 2.24) is 10.2 Å². The largest absolute Gasteiger partial charge is 0.481 e. The van der Waals surface area contributed by atoms with Crippen molar-refractivity contribution < 1.29 is 14.7 Å². The molecule has 0 spiro atoms. The number of amides is 2. The van der Waals surface area contributed by atoms with Crippen molar-refractivity contribution >= 4 is 12.0 Å². The number of nitrogens with one attached hydrogen (secondary N) is 1. The number of carbonyl (C=O) groups excluding carboxylic acids is 1. The summed E-state index contributed by atoms with van der Waals surface area (Å²) in [7, 11) is 0. The summed E-state index contributed by atoms with van der Waals surface area (Å²) < 4.78 is 0. The quantitative estimate of drug-likeness (QED) is 0.789. The van der Waals surface area contributed by atoms with E-state index in [0.29, 0.717) is 38.4 Å². The van der Waals surface area contributed by atoms with Crippen LogP contribution < -0.4 is 5.32 Å². The Labute approximate surface area is 109 Å². The van der Waals surface area contributed by atoms with Crippen molar-refractivity contribution in [2.75, 3.05) is 19.6 Å². The van der Waals surface area contributed by atoms with Crippen LogP contribution >= 0.6 is 0 Å². The fraction of sp³-hybridized carbons (Fsp3) is 0.846. The molecular weight excluding hydrogens is 232 g/mol. The lowest BCUT2D eigenvalue weighted by Gasteiger charge is -2.24. The van der Waals surface area contributed by atoms with Crippen molar-refractivity contribution in [3.8, 4) is 0 Å². The summed E-state index contributed by atoms with van der Waals surface area (Å²) in [5.74, 6) is -0.375. The number of carboxylic acid groups (broad SMARTS) is 1. The standard InChI is InChI=1S/C13H24N2O3/c1-4-5-13(11(16)17)6-7-15(9-13)12(18)14-8-10(2)3/h10H,4-9H2,1-3H3,(H,14,18)(H,16,17). The second-order valence-corrected chi connectivity index (χ2v) is 5.59. The van der Waals surface area contributed by atoms with Crippen molar-refractivity contribution in [1.29, 1.82) is 0 Å². The number of carboxylic acids is 1. The second-order valence-electron chi connectivity index (χ2n) is 5.59. The van der Waals surface area contributed by atoms with E-state index in [9.17, 15) is 14.7 Å². The van der Waals surface area contributed by atoms with Gasteiger partial charge in [0.25, 0.3) is 0 Å². The molecule has 0 aliphatic carbocycles. The van der Waals surface area contributed by atoms with Gasteiger partial charge in [0, 0.05) is 19.6 Å². The smallest absolute Gasteiger partial charge is 0.317 e. The van der Waals surface area contributed by atoms with E-state index in [1.807, 2.05) is 20.8 Å². The van der Waals surface area contributed by atoms with E-state index in [1.165, 1.54) is 0 Å². The lowest BCUT2D eigenvalue weighted by Crippen LogP contribution is -2.42. The molecule has 0 aromatic rings. The van der Waals surface area contributed by atoms with Crippen molar-refractivity contribution in [3.63, 3.8) is 0 Å². The Morgan fingerprint density at radius 2 is 2.11 bits per heavy atom. The molecule has 1 aliphatic heterocycles. The first kappa shape index (κ1) is 14.8. The number of aliphatic carboxylic acids is 1. The first-order chi connectivity index (χ1) is 8.41. The van der Waals surface area contributed by atoms with Gasteiger partial charge in [-0.1, -0.05) is 27.2 Å². The van der Waals surface area contributed by atoms with Gasteiger partial charge in [-0.15, -0.1) is 0 Å². The van der Waals surface area contributed by atoms with Gasteiger partial charge in [0.05, 0.1) is 5.41 Å². The van der Waals surface area contributed by atoms with Crippen LogP contribution in [0.1, 0.15) is 40.0 Å². The average molecular weight is 256 g/mol. The molecule has 1 fully saturated rings. The highest BCUT2D eigenvalue weighted by atomic mass is 16.4. The van der Waals surface area contributed by atoms with Gasteiger partial charge in [0.15, 0.2) is 0 Å². The Kier molecular flexibility index (Phi) is 4.99. The second kappa shape index (κ2) is 6.07. The molecule has 2 N–H and O–H groups in total. The molecule has 1 aliphatic rings. The molecule has 0 saturated carbocycles. The number of rotatable bonds is 5. The van der Waals surface area contributed by atoms with E-state index < -0.39 is 11.4 Å². The van der Waals surface area contributed by atoms with Crippen LogP contribution in [-0.2, 0) is 4.79 Å². The summed E-state index contributed by atoms with van der Waals surface area (Å²) in [5, 5.41) is 12.2. The highest BCUT2D eigenvalue weighted by Crippen LogP contribution is 2.35. The molecule has 1 atom stereocenters. The maximum atomic E-state index is 11.9. The van der Waals surface area contributed by atoms with Gasteiger partial charge in [0.1, 0.15) is 0 Å². The number of nitrogens with zero attached hydrogens (tertiary/aromatic N) is 1. The monoisotopic (exact) mass is 256 g/mol. The van der Waals surface area contributed by atoms with Gasteiger partial charge >= 0.3 is 12.0 Å². The zero-order valence-corrected chi connectivity index (χ0v) is 11.5. The Hall–Kier alpha value is -1.26. The molecule has 104 valence electrons. The molecule has 1 rings (SSSR count). The van der Waals surface area contributed by atoms with Crippen LogP contribution in [0.15, 0.2) is 0 Å². The van der Waals surface area contributed by atoms with E-state index in [4.69, 9.17) is 0 Å². The van der Waals surface area contributed by atoms with Gasteiger partial charge in [-0.05, 0) is 18.8 Å². The molecule has 5 heteroatoms. The van der Waals surface area contributed by atoms with Crippen LogP contribution in [-0.4, -0.2) is 41.6 Å². The molecule has 18 heavy (non-hydrogen) atoms. The molecule has 1 unspecified atom stereocenters. The molecule has 0 bridgehead atoms. The van der Waals surface area contributed by atoms with Crippen LogP contribution in [0, 0.1) is 11.3 Å². The van der Waals surface area contributed by atoms with Crippen molar-refractivity contribution in [3.05, 3.63) is 0 Å².